The topological polar surface area (TPSA) is 43.9 Å². The standard InChI is InChI=1S/C22H33N3O2/c1-23-13-5-9-20(17-23)18-25(15-11-19-7-3-2-4-8-19)22(27)12-16-24-14-6-10-21(24)26/h2-4,7-8,20H,5-6,9-18H2,1H3/t20-/m1/s1. The van der Waals surface area contributed by atoms with Crippen molar-refractivity contribution in [2.24, 2.45) is 5.92 Å². The number of likely N-dealkylation sites (tertiary alicyclic amines) is 2. The number of hydrogen-bond donors (Lipinski definition) is 0. The van der Waals surface area contributed by atoms with Gasteiger partial charge in [-0.05, 0) is 50.8 Å². The largest absolute Gasteiger partial charge is 0.342 e. The molecule has 1 atom stereocenters. The van der Waals surface area contributed by atoms with Gasteiger partial charge in [-0.15, -0.1) is 0 Å². The summed E-state index contributed by atoms with van der Waals surface area (Å²) < 4.78 is 0. The van der Waals surface area contributed by atoms with Crippen LogP contribution in [0.3, 0.4) is 0 Å². The van der Waals surface area contributed by atoms with Crippen LogP contribution >= 0.6 is 0 Å². The first-order chi connectivity index (χ1) is 13.1. The lowest BCUT2D eigenvalue weighted by atomic mass is 9.97. The van der Waals surface area contributed by atoms with Gasteiger partial charge in [-0.25, -0.2) is 0 Å². The summed E-state index contributed by atoms with van der Waals surface area (Å²) >= 11 is 0. The van der Waals surface area contributed by atoms with Crippen molar-refractivity contribution in [3.63, 3.8) is 0 Å². The van der Waals surface area contributed by atoms with Crippen LogP contribution in [0.5, 0.6) is 0 Å². The Hall–Kier alpha value is -1.88. The van der Waals surface area contributed by atoms with Gasteiger partial charge in [0.1, 0.15) is 0 Å². The van der Waals surface area contributed by atoms with Gasteiger partial charge in [0.05, 0.1) is 0 Å². The molecule has 0 aliphatic carbocycles. The second-order valence-corrected chi connectivity index (χ2v) is 8.08. The maximum absolute atomic E-state index is 13.0. The molecular formula is C22H33N3O2. The van der Waals surface area contributed by atoms with E-state index in [9.17, 15) is 9.59 Å². The molecule has 0 unspecified atom stereocenters. The molecule has 0 N–H and O–H groups in total. The van der Waals surface area contributed by atoms with Crippen molar-refractivity contribution in [3.05, 3.63) is 35.9 Å². The first-order valence-electron chi connectivity index (χ1n) is 10.4. The van der Waals surface area contributed by atoms with E-state index in [0.717, 1.165) is 45.6 Å². The normalized spacial score (nSPS) is 20.9. The van der Waals surface area contributed by atoms with Gasteiger partial charge < -0.3 is 14.7 Å². The Morgan fingerprint density at radius 1 is 1.19 bits per heavy atom. The van der Waals surface area contributed by atoms with Crippen LogP contribution in [0, 0.1) is 5.92 Å². The highest BCUT2D eigenvalue weighted by Crippen LogP contribution is 2.18. The van der Waals surface area contributed by atoms with Gasteiger partial charge in [-0.2, -0.15) is 0 Å². The minimum absolute atomic E-state index is 0.193. The Balaban J connectivity index is 1.56. The molecule has 2 fully saturated rings. The van der Waals surface area contributed by atoms with E-state index in [4.69, 9.17) is 0 Å². The lowest BCUT2D eigenvalue weighted by Crippen LogP contribution is -2.43. The van der Waals surface area contributed by atoms with Gasteiger partial charge in [0.25, 0.3) is 0 Å². The summed E-state index contributed by atoms with van der Waals surface area (Å²) in [6, 6.07) is 10.4. The highest BCUT2D eigenvalue weighted by molar-refractivity contribution is 5.80. The van der Waals surface area contributed by atoms with Gasteiger partial charge in [-0.1, -0.05) is 30.3 Å². The van der Waals surface area contributed by atoms with Crippen LogP contribution in [-0.2, 0) is 16.0 Å². The Bertz CT molecular complexity index is 619. The molecule has 0 aromatic heterocycles. The molecule has 1 aromatic rings. The first-order valence-corrected chi connectivity index (χ1v) is 10.4. The highest BCUT2D eigenvalue weighted by atomic mass is 16.2. The second-order valence-electron chi connectivity index (χ2n) is 8.08. The average Bonchev–Trinajstić information content (AvgIpc) is 3.09. The van der Waals surface area contributed by atoms with Gasteiger partial charge >= 0.3 is 0 Å². The van der Waals surface area contributed by atoms with Gasteiger partial charge in [0.2, 0.25) is 11.8 Å². The average molecular weight is 372 g/mol. The van der Waals surface area contributed by atoms with Gasteiger partial charge in [0, 0.05) is 45.6 Å². The molecule has 5 heteroatoms. The number of amides is 2. The molecule has 2 saturated heterocycles. The van der Waals surface area contributed by atoms with E-state index in [0.29, 0.717) is 25.3 Å². The van der Waals surface area contributed by atoms with Crippen LogP contribution in [-0.4, -0.2) is 72.8 Å². The fraction of sp³-hybridized carbons (Fsp3) is 0.636. The third-order valence-corrected chi connectivity index (χ3v) is 5.83. The molecule has 0 saturated carbocycles. The predicted molar refractivity (Wildman–Crippen MR) is 107 cm³/mol. The summed E-state index contributed by atoms with van der Waals surface area (Å²) in [5.41, 5.74) is 1.27. The number of rotatable bonds is 8. The van der Waals surface area contributed by atoms with Crippen LogP contribution in [0.1, 0.15) is 37.7 Å². The quantitative estimate of drug-likeness (QED) is 0.705. The summed E-state index contributed by atoms with van der Waals surface area (Å²) in [6.07, 6.45) is 5.31. The molecule has 0 radical (unpaired) electrons. The molecule has 27 heavy (non-hydrogen) atoms. The van der Waals surface area contributed by atoms with E-state index < -0.39 is 0 Å². The summed E-state index contributed by atoms with van der Waals surface area (Å²) in [7, 11) is 2.17. The summed E-state index contributed by atoms with van der Waals surface area (Å²) in [4.78, 5) is 31.0. The minimum atomic E-state index is 0.193. The zero-order valence-corrected chi connectivity index (χ0v) is 16.6. The fourth-order valence-corrected chi connectivity index (χ4v) is 4.29. The van der Waals surface area contributed by atoms with Crippen molar-refractivity contribution >= 4 is 11.8 Å². The predicted octanol–water partition coefficient (Wildman–Crippen LogP) is 2.41. The molecule has 0 bridgehead atoms. The Labute approximate surface area is 163 Å². The van der Waals surface area contributed by atoms with Crippen LogP contribution in [0.4, 0.5) is 0 Å². The van der Waals surface area contributed by atoms with E-state index >= 15 is 0 Å². The SMILES string of the molecule is CN1CCC[C@@H](CN(CCc2ccccc2)C(=O)CCN2CCCC2=O)C1. The van der Waals surface area contributed by atoms with Crippen molar-refractivity contribution in [1.29, 1.82) is 0 Å². The summed E-state index contributed by atoms with van der Waals surface area (Å²) in [6.45, 7) is 5.21. The summed E-state index contributed by atoms with van der Waals surface area (Å²) in [5, 5.41) is 0. The zero-order valence-electron chi connectivity index (χ0n) is 16.6. The summed E-state index contributed by atoms with van der Waals surface area (Å²) in [5.74, 6) is 0.947. The molecule has 2 amide bonds. The van der Waals surface area contributed by atoms with Crippen LogP contribution < -0.4 is 0 Å². The number of piperidine rings is 1. The number of carbonyl (C=O) groups excluding carboxylic acids is 2. The van der Waals surface area contributed by atoms with E-state index in [1.54, 1.807) is 0 Å². The molecule has 2 aliphatic heterocycles. The Morgan fingerprint density at radius 3 is 2.70 bits per heavy atom. The number of hydrogen-bond acceptors (Lipinski definition) is 3. The number of carbonyl (C=O) groups is 2. The van der Waals surface area contributed by atoms with E-state index in [-0.39, 0.29) is 11.8 Å². The van der Waals surface area contributed by atoms with Crippen molar-refractivity contribution in [2.45, 2.75) is 38.5 Å². The van der Waals surface area contributed by atoms with Crippen molar-refractivity contribution in [3.8, 4) is 0 Å². The molecule has 3 rings (SSSR count). The maximum atomic E-state index is 13.0. The van der Waals surface area contributed by atoms with Gasteiger partial charge in [-0.3, -0.25) is 9.59 Å². The molecule has 148 valence electrons. The van der Waals surface area contributed by atoms with Crippen LogP contribution in [0.15, 0.2) is 30.3 Å². The van der Waals surface area contributed by atoms with Gasteiger partial charge in [0.15, 0.2) is 0 Å². The smallest absolute Gasteiger partial charge is 0.224 e. The van der Waals surface area contributed by atoms with Crippen LogP contribution in [0.25, 0.3) is 0 Å². The lowest BCUT2D eigenvalue weighted by molar-refractivity contribution is -0.133. The third kappa shape index (κ3) is 6.06. The Morgan fingerprint density at radius 2 is 2.00 bits per heavy atom. The first kappa shape index (κ1) is 19.9. The fourth-order valence-electron chi connectivity index (χ4n) is 4.29. The molecule has 2 aliphatic rings. The molecule has 2 heterocycles. The zero-order chi connectivity index (χ0) is 19.1. The number of benzene rings is 1. The monoisotopic (exact) mass is 371 g/mol. The maximum Gasteiger partial charge on any atom is 0.224 e. The van der Waals surface area contributed by atoms with Crippen LogP contribution in [0.2, 0.25) is 0 Å². The molecule has 5 nitrogen and oxygen atoms in total. The van der Waals surface area contributed by atoms with Crippen molar-refractivity contribution in [2.75, 3.05) is 46.3 Å². The second kappa shape index (κ2) is 9.88. The van der Waals surface area contributed by atoms with Crippen molar-refractivity contribution in [1.82, 2.24) is 14.7 Å². The third-order valence-electron chi connectivity index (χ3n) is 5.83. The van der Waals surface area contributed by atoms with E-state index in [2.05, 4.69) is 41.1 Å². The van der Waals surface area contributed by atoms with Crippen molar-refractivity contribution < 1.29 is 9.59 Å². The molecular weight excluding hydrogens is 338 g/mol. The lowest BCUT2D eigenvalue weighted by Gasteiger charge is -2.34. The molecule has 1 aromatic carbocycles. The number of nitrogens with zero attached hydrogens (tertiary/aromatic N) is 3. The van der Waals surface area contributed by atoms with E-state index in [1.807, 2.05) is 11.0 Å². The minimum Gasteiger partial charge on any atom is -0.342 e. The van der Waals surface area contributed by atoms with E-state index in [1.165, 1.54) is 18.4 Å². The highest BCUT2D eigenvalue weighted by Gasteiger charge is 2.25. The molecule has 0 spiro atoms. The Kier molecular flexibility index (Phi) is 7.27.